The van der Waals surface area contributed by atoms with Crippen LogP contribution in [0, 0.1) is 3.57 Å². The van der Waals surface area contributed by atoms with Crippen LogP contribution in [0.5, 0.6) is 5.75 Å². The Balaban J connectivity index is 1.97. The number of halogens is 1. The van der Waals surface area contributed by atoms with Gasteiger partial charge < -0.3 is 4.74 Å². The number of rotatable bonds is 4. The quantitative estimate of drug-likeness (QED) is 0.504. The third kappa shape index (κ3) is 4.06. The molecule has 0 atom stereocenters. The minimum Gasteiger partial charge on any atom is -0.497 e. The highest BCUT2D eigenvalue weighted by Gasteiger charge is 2.03. The van der Waals surface area contributed by atoms with Gasteiger partial charge in [0.1, 0.15) is 5.75 Å². The smallest absolute Gasteiger partial charge is 0.271 e. The van der Waals surface area contributed by atoms with Crippen molar-refractivity contribution in [1.29, 1.82) is 0 Å². The van der Waals surface area contributed by atoms with E-state index < -0.39 is 0 Å². The number of hydrazone groups is 1. The van der Waals surface area contributed by atoms with Gasteiger partial charge in [0, 0.05) is 9.13 Å². The van der Waals surface area contributed by atoms with E-state index in [1.807, 2.05) is 24.3 Å². The van der Waals surface area contributed by atoms with Crippen LogP contribution in [0.1, 0.15) is 15.9 Å². The summed E-state index contributed by atoms with van der Waals surface area (Å²) in [6.07, 6.45) is 1.61. The molecule has 1 amide bonds. The first-order chi connectivity index (χ1) is 9.69. The average molecular weight is 380 g/mol. The Bertz CT molecular complexity index is 624. The lowest BCUT2D eigenvalue weighted by molar-refractivity contribution is 0.0955. The van der Waals surface area contributed by atoms with Crippen LogP contribution in [0.15, 0.2) is 53.6 Å². The molecule has 0 aliphatic heterocycles. The summed E-state index contributed by atoms with van der Waals surface area (Å²) in [6.45, 7) is 0. The summed E-state index contributed by atoms with van der Waals surface area (Å²) in [5, 5.41) is 3.94. The van der Waals surface area contributed by atoms with Gasteiger partial charge in [-0.05, 0) is 64.6 Å². The van der Waals surface area contributed by atoms with Crippen molar-refractivity contribution in [1.82, 2.24) is 5.43 Å². The first kappa shape index (κ1) is 14.5. The lowest BCUT2D eigenvalue weighted by Crippen LogP contribution is -2.17. The number of hydrogen-bond acceptors (Lipinski definition) is 3. The Morgan fingerprint density at radius 2 is 2.00 bits per heavy atom. The van der Waals surface area contributed by atoms with E-state index in [-0.39, 0.29) is 5.91 Å². The third-order valence-corrected chi connectivity index (χ3v) is 3.25. The Kier molecular flexibility index (Phi) is 5.11. The summed E-state index contributed by atoms with van der Waals surface area (Å²) in [5.41, 5.74) is 3.96. The van der Waals surface area contributed by atoms with Crippen LogP contribution in [0.4, 0.5) is 0 Å². The molecule has 0 bridgehead atoms. The Morgan fingerprint density at radius 1 is 1.25 bits per heavy atom. The topological polar surface area (TPSA) is 50.7 Å². The molecule has 0 spiro atoms. The van der Waals surface area contributed by atoms with E-state index in [9.17, 15) is 4.79 Å². The number of ether oxygens (including phenoxy) is 1. The van der Waals surface area contributed by atoms with E-state index in [4.69, 9.17) is 4.74 Å². The Labute approximate surface area is 131 Å². The molecule has 0 unspecified atom stereocenters. The average Bonchev–Trinajstić information content (AvgIpc) is 2.47. The fourth-order valence-electron chi connectivity index (χ4n) is 1.56. The van der Waals surface area contributed by atoms with Gasteiger partial charge >= 0.3 is 0 Å². The van der Waals surface area contributed by atoms with Crippen LogP contribution in [0.25, 0.3) is 0 Å². The van der Waals surface area contributed by atoms with Crippen LogP contribution < -0.4 is 10.2 Å². The van der Waals surface area contributed by atoms with E-state index in [0.717, 1.165) is 9.13 Å². The lowest BCUT2D eigenvalue weighted by atomic mass is 10.2. The molecule has 0 fully saturated rings. The second kappa shape index (κ2) is 7.04. The van der Waals surface area contributed by atoms with Gasteiger partial charge in [0.15, 0.2) is 0 Å². The van der Waals surface area contributed by atoms with Crippen molar-refractivity contribution in [3.8, 4) is 5.75 Å². The highest BCUT2D eigenvalue weighted by Crippen LogP contribution is 2.11. The molecule has 4 nitrogen and oxygen atoms in total. The summed E-state index contributed by atoms with van der Waals surface area (Å²) in [6, 6.07) is 14.7. The van der Waals surface area contributed by atoms with Crippen molar-refractivity contribution in [2.75, 3.05) is 7.11 Å². The van der Waals surface area contributed by atoms with Gasteiger partial charge in [-0.15, -0.1) is 0 Å². The number of hydrogen-bond donors (Lipinski definition) is 1. The molecule has 1 N–H and O–H groups in total. The number of nitrogens with one attached hydrogen (secondary N) is 1. The minimum atomic E-state index is -0.255. The van der Waals surface area contributed by atoms with Crippen molar-refractivity contribution in [3.05, 3.63) is 63.2 Å². The number of methoxy groups -OCH3 is 1. The second-order valence-electron chi connectivity index (χ2n) is 3.98. The molecule has 2 rings (SSSR count). The second-order valence-corrected chi connectivity index (χ2v) is 5.23. The van der Waals surface area contributed by atoms with Crippen molar-refractivity contribution in [2.45, 2.75) is 0 Å². The molecule has 20 heavy (non-hydrogen) atoms. The molecular formula is C15H13IN2O2. The summed E-state index contributed by atoms with van der Waals surface area (Å²) in [7, 11) is 1.58. The van der Waals surface area contributed by atoms with Gasteiger partial charge in [0.05, 0.1) is 13.3 Å². The van der Waals surface area contributed by atoms with Crippen molar-refractivity contribution >= 4 is 34.7 Å². The fourth-order valence-corrected chi connectivity index (χ4v) is 2.13. The van der Waals surface area contributed by atoms with Gasteiger partial charge in [0.25, 0.3) is 5.91 Å². The molecule has 0 saturated heterocycles. The van der Waals surface area contributed by atoms with Crippen LogP contribution in [-0.2, 0) is 0 Å². The maximum atomic E-state index is 11.8. The summed E-state index contributed by atoms with van der Waals surface area (Å²) < 4.78 is 6.16. The van der Waals surface area contributed by atoms with E-state index in [1.165, 1.54) is 0 Å². The van der Waals surface area contributed by atoms with Crippen LogP contribution >= 0.6 is 22.6 Å². The number of amides is 1. The predicted octanol–water partition coefficient (Wildman–Crippen LogP) is 3.06. The molecule has 0 aliphatic carbocycles. The van der Waals surface area contributed by atoms with E-state index in [2.05, 4.69) is 33.1 Å². The largest absolute Gasteiger partial charge is 0.497 e. The van der Waals surface area contributed by atoms with Crippen LogP contribution in [0.2, 0.25) is 0 Å². The van der Waals surface area contributed by atoms with Gasteiger partial charge in [-0.25, -0.2) is 5.43 Å². The Hall–Kier alpha value is -1.89. The van der Waals surface area contributed by atoms with Crippen molar-refractivity contribution < 1.29 is 9.53 Å². The third-order valence-electron chi connectivity index (χ3n) is 2.58. The van der Waals surface area contributed by atoms with Crippen LogP contribution in [-0.4, -0.2) is 19.2 Å². The fraction of sp³-hybridized carbons (Fsp3) is 0.0667. The summed E-state index contributed by atoms with van der Waals surface area (Å²) in [5.74, 6) is 0.457. The Morgan fingerprint density at radius 3 is 2.65 bits per heavy atom. The van der Waals surface area contributed by atoms with Gasteiger partial charge in [-0.2, -0.15) is 5.10 Å². The SMILES string of the molecule is COc1ccc(C(=O)N/N=C\c2cccc(I)c2)cc1. The number of nitrogens with zero attached hydrogens (tertiary/aromatic N) is 1. The predicted molar refractivity (Wildman–Crippen MR) is 87.2 cm³/mol. The zero-order valence-corrected chi connectivity index (χ0v) is 13.0. The number of carbonyl (C=O) groups excluding carboxylic acids is 1. The maximum Gasteiger partial charge on any atom is 0.271 e. The molecule has 0 radical (unpaired) electrons. The van der Waals surface area contributed by atoms with Gasteiger partial charge in [0.2, 0.25) is 0 Å². The number of benzene rings is 2. The molecule has 5 heteroatoms. The van der Waals surface area contributed by atoms with Crippen molar-refractivity contribution in [2.24, 2.45) is 5.10 Å². The van der Waals surface area contributed by atoms with Crippen molar-refractivity contribution in [3.63, 3.8) is 0 Å². The zero-order valence-electron chi connectivity index (χ0n) is 10.8. The standard InChI is InChI=1S/C15H13IN2O2/c1-20-14-7-5-12(6-8-14)15(19)18-17-10-11-3-2-4-13(16)9-11/h2-10H,1H3,(H,18,19)/b17-10-. The first-order valence-corrected chi connectivity index (χ1v) is 7.00. The monoisotopic (exact) mass is 380 g/mol. The zero-order chi connectivity index (χ0) is 14.4. The molecule has 0 heterocycles. The van der Waals surface area contributed by atoms with Gasteiger partial charge in [-0.1, -0.05) is 12.1 Å². The molecule has 0 saturated carbocycles. The summed E-state index contributed by atoms with van der Waals surface area (Å²) in [4.78, 5) is 11.8. The van der Waals surface area contributed by atoms with E-state index in [0.29, 0.717) is 11.3 Å². The molecular weight excluding hydrogens is 367 g/mol. The lowest BCUT2D eigenvalue weighted by Gasteiger charge is -2.02. The summed E-state index contributed by atoms with van der Waals surface area (Å²) >= 11 is 2.23. The van der Waals surface area contributed by atoms with Crippen LogP contribution in [0.3, 0.4) is 0 Å². The first-order valence-electron chi connectivity index (χ1n) is 5.92. The minimum absolute atomic E-state index is 0.255. The van der Waals surface area contributed by atoms with E-state index in [1.54, 1.807) is 37.6 Å². The molecule has 2 aromatic rings. The highest BCUT2D eigenvalue weighted by molar-refractivity contribution is 14.1. The maximum absolute atomic E-state index is 11.8. The van der Waals surface area contributed by atoms with E-state index >= 15 is 0 Å². The normalized spacial score (nSPS) is 10.5. The number of carbonyl (C=O) groups is 1. The molecule has 2 aromatic carbocycles. The highest BCUT2D eigenvalue weighted by atomic mass is 127. The molecule has 102 valence electrons. The van der Waals surface area contributed by atoms with Gasteiger partial charge in [-0.3, -0.25) is 4.79 Å². The molecule has 0 aliphatic rings. The molecule has 0 aromatic heterocycles.